The van der Waals surface area contributed by atoms with Crippen LogP contribution in [0.4, 0.5) is 4.79 Å². The minimum atomic E-state index is -1.22. The molecule has 1 unspecified atom stereocenters. The van der Waals surface area contributed by atoms with E-state index in [1.165, 1.54) is 25.7 Å². The average Bonchev–Trinajstić information content (AvgIpc) is 2.35. The SMILES string of the molecule is CCCCCCCC(COC(=O)O)OCCCC. The summed E-state index contributed by atoms with van der Waals surface area (Å²) < 4.78 is 10.3. The summed E-state index contributed by atoms with van der Waals surface area (Å²) in [5.41, 5.74) is 0. The zero-order valence-electron chi connectivity index (χ0n) is 11.8. The van der Waals surface area contributed by atoms with Crippen molar-refractivity contribution < 1.29 is 19.4 Å². The summed E-state index contributed by atoms with van der Waals surface area (Å²) in [4.78, 5) is 10.4. The van der Waals surface area contributed by atoms with Gasteiger partial charge in [0.15, 0.2) is 0 Å². The Balaban J connectivity index is 3.70. The Labute approximate surface area is 111 Å². The van der Waals surface area contributed by atoms with Crippen molar-refractivity contribution in [2.24, 2.45) is 0 Å². The summed E-state index contributed by atoms with van der Waals surface area (Å²) in [6.45, 7) is 5.15. The number of rotatable bonds is 12. The van der Waals surface area contributed by atoms with E-state index in [4.69, 9.17) is 9.84 Å². The van der Waals surface area contributed by atoms with Gasteiger partial charge in [0.2, 0.25) is 0 Å². The van der Waals surface area contributed by atoms with Crippen molar-refractivity contribution in [3.63, 3.8) is 0 Å². The largest absolute Gasteiger partial charge is 0.505 e. The first kappa shape index (κ1) is 17.2. The Bertz CT molecular complexity index is 194. The van der Waals surface area contributed by atoms with Crippen LogP contribution in [0.25, 0.3) is 0 Å². The topological polar surface area (TPSA) is 55.8 Å². The third kappa shape index (κ3) is 11.7. The lowest BCUT2D eigenvalue weighted by molar-refractivity contribution is -0.0129. The molecule has 0 radical (unpaired) electrons. The van der Waals surface area contributed by atoms with Gasteiger partial charge >= 0.3 is 6.16 Å². The van der Waals surface area contributed by atoms with E-state index in [0.29, 0.717) is 6.61 Å². The van der Waals surface area contributed by atoms with Gasteiger partial charge in [0.25, 0.3) is 0 Å². The fourth-order valence-electron chi connectivity index (χ4n) is 1.75. The van der Waals surface area contributed by atoms with Crippen LogP contribution in [0.5, 0.6) is 0 Å². The zero-order valence-corrected chi connectivity index (χ0v) is 11.8. The number of hydrogen-bond donors (Lipinski definition) is 1. The lowest BCUT2D eigenvalue weighted by Crippen LogP contribution is -2.22. The lowest BCUT2D eigenvalue weighted by Gasteiger charge is -2.17. The predicted molar refractivity (Wildman–Crippen MR) is 72.0 cm³/mol. The van der Waals surface area contributed by atoms with Gasteiger partial charge < -0.3 is 14.6 Å². The van der Waals surface area contributed by atoms with Gasteiger partial charge in [-0.05, 0) is 12.8 Å². The van der Waals surface area contributed by atoms with Crippen molar-refractivity contribution in [3.05, 3.63) is 0 Å². The standard InChI is InChI=1S/C14H28O4/c1-3-5-7-8-9-10-13(12-18-14(15)16)17-11-6-4-2/h13H,3-12H2,1-2H3,(H,15,16). The fraction of sp³-hybridized carbons (Fsp3) is 0.929. The second kappa shape index (κ2) is 12.7. The molecule has 0 spiro atoms. The van der Waals surface area contributed by atoms with Crippen LogP contribution in [-0.4, -0.2) is 30.6 Å². The molecule has 108 valence electrons. The first-order valence-corrected chi connectivity index (χ1v) is 7.18. The van der Waals surface area contributed by atoms with Crippen LogP contribution < -0.4 is 0 Å². The molecule has 0 amide bonds. The van der Waals surface area contributed by atoms with E-state index in [-0.39, 0.29) is 12.7 Å². The van der Waals surface area contributed by atoms with Gasteiger partial charge in [0.1, 0.15) is 6.61 Å². The van der Waals surface area contributed by atoms with Crippen LogP contribution in [-0.2, 0) is 9.47 Å². The third-order valence-corrected chi connectivity index (χ3v) is 2.87. The van der Waals surface area contributed by atoms with Crippen molar-refractivity contribution in [1.82, 2.24) is 0 Å². The summed E-state index contributed by atoms with van der Waals surface area (Å²) in [5.74, 6) is 0. The summed E-state index contributed by atoms with van der Waals surface area (Å²) in [6.07, 6.45) is 7.72. The van der Waals surface area contributed by atoms with Gasteiger partial charge in [0, 0.05) is 6.61 Å². The monoisotopic (exact) mass is 260 g/mol. The summed E-state index contributed by atoms with van der Waals surface area (Å²) in [7, 11) is 0. The Morgan fingerprint density at radius 2 is 1.72 bits per heavy atom. The fourth-order valence-corrected chi connectivity index (χ4v) is 1.75. The van der Waals surface area contributed by atoms with Crippen LogP contribution >= 0.6 is 0 Å². The van der Waals surface area contributed by atoms with Crippen LogP contribution in [0, 0.1) is 0 Å². The molecule has 0 rings (SSSR count). The molecule has 18 heavy (non-hydrogen) atoms. The quantitative estimate of drug-likeness (QED) is 0.421. The summed E-state index contributed by atoms with van der Waals surface area (Å²) >= 11 is 0. The summed E-state index contributed by atoms with van der Waals surface area (Å²) in [5, 5.41) is 8.50. The smallest absolute Gasteiger partial charge is 0.450 e. The maximum atomic E-state index is 10.4. The highest BCUT2D eigenvalue weighted by Gasteiger charge is 2.11. The highest BCUT2D eigenvalue weighted by atomic mass is 16.7. The van der Waals surface area contributed by atoms with E-state index in [1.54, 1.807) is 0 Å². The molecule has 1 atom stereocenters. The highest BCUT2D eigenvalue weighted by Crippen LogP contribution is 2.10. The summed E-state index contributed by atoms with van der Waals surface area (Å²) in [6, 6.07) is 0. The highest BCUT2D eigenvalue weighted by molar-refractivity contribution is 5.56. The van der Waals surface area contributed by atoms with Crippen LogP contribution in [0.3, 0.4) is 0 Å². The molecule has 0 aromatic rings. The van der Waals surface area contributed by atoms with Gasteiger partial charge in [0.05, 0.1) is 6.10 Å². The molecule has 0 saturated heterocycles. The molecule has 0 aliphatic heterocycles. The van der Waals surface area contributed by atoms with Gasteiger partial charge in [-0.15, -0.1) is 0 Å². The van der Waals surface area contributed by atoms with E-state index >= 15 is 0 Å². The second-order valence-corrected chi connectivity index (χ2v) is 4.63. The third-order valence-electron chi connectivity index (χ3n) is 2.87. The molecule has 0 aromatic heterocycles. The first-order valence-electron chi connectivity index (χ1n) is 7.18. The van der Waals surface area contributed by atoms with Crippen LogP contribution in [0.2, 0.25) is 0 Å². The molecule has 4 heteroatoms. The number of hydrogen-bond acceptors (Lipinski definition) is 3. The minimum absolute atomic E-state index is 0.0747. The molecule has 0 heterocycles. The number of unbranched alkanes of at least 4 members (excludes halogenated alkanes) is 5. The predicted octanol–water partition coefficient (Wildman–Crippen LogP) is 4.23. The van der Waals surface area contributed by atoms with E-state index < -0.39 is 6.16 Å². The first-order chi connectivity index (χ1) is 8.70. The normalized spacial score (nSPS) is 12.3. The van der Waals surface area contributed by atoms with Gasteiger partial charge in [-0.3, -0.25) is 0 Å². The Kier molecular flexibility index (Phi) is 12.1. The van der Waals surface area contributed by atoms with E-state index in [0.717, 1.165) is 25.7 Å². The van der Waals surface area contributed by atoms with E-state index in [2.05, 4.69) is 18.6 Å². The Hall–Kier alpha value is -0.770. The van der Waals surface area contributed by atoms with Crippen LogP contribution in [0.1, 0.15) is 65.2 Å². The lowest BCUT2D eigenvalue weighted by atomic mass is 10.1. The van der Waals surface area contributed by atoms with Crippen molar-refractivity contribution in [1.29, 1.82) is 0 Å². The maximum Gasteiger partial charge on any atom is 0.505 e. The Morgan fingerprint density at radius 1 is 1.06 bits per heavy atom. The van der Waals surface area contributed by atoms with Gasteiger partial charge in [-0.25, -0.2) is 4.79 Å². The number of carbonyl (C=O) groups is 1. The molecule has 0 fully saturated rings. The van der Waals surface area contributed by atoms with Crippen LogP contribution in [0.15, 0.2) is 0 Å². The average molecular weight is 260 g/mol. The second-order valence-electron chi connectivity index (χ2n) is 4.63. The van der Waals surface area contributed by atoms with E-state index in [9.17, 15) is 4.79 Å². The van der Waals surface area contributed by atoms with E-state index in [1.807, 2.05) is 0 Å². The van der Waals surface area contributed by atoms with Gasteiger partial charge in [-0.2, -0.15) is 0 Å². The number of carboxylic acid groups (broad SMARTS) is 1. The number of ether oxygens (including phenoxy) is 2. The van der Waals surface area contributed by atoms with Crippen molar-refractivity contribution in [2.45, 2.75) is 71.3 Å². The molecular formula is C14H28O4. The van der Waals surface area contributed by atoms with Crippen molar-refractivity contribution in [3.8, 4) is 0 Å². The molecule has 0 aliphatic rings. The zero-order chi connectivity index (χ0) is 13.6. The van der Waals surface area contributed by atoms with Gasteiger partial charge in [-0.1, -0.05) is 52.4 Å². The Morgan fingerprint density at radius 3 is 2.33 bits per heavy atom. The maximum absolute atomic E-state index is 10.4. The molecule has 4 nitrogen and oxygen atoms in total. The molecule has 0 saturated carbocycles. The molecule has 0 bridgehead atoms. The van der Waals surface area contributed by atoms with Crippen molar-refractivity contribution >= 4 is 6.16 Å². The molecular weight excluding hydrogens is 232 g/mol. The molecule has 1 N–H and O–H groups in total. The van der Waals surface area contributed by atoms with Crippen molar-refractivity contribution in [2.75, 3.05) is 13.2 Å². The minimum Gasteiger partial charge on any atom is -0.450 e. The molecule has 0 aliphatic carbocycles. The molecule has 0 aromatic carbocycles.